The maximum absolute atomic E-state index is 12.6. The van der Waals surface area contributed by atoms with Crippen LogP contribution >= 0.6 is 0 Å². The van der Waals surface area contributed by atoms with Gasteiger partial charge in [0, 0.05) is 0 Å². The molecule has 0 heterocycles. The fraction of sp³-hybridized carbons (Fsp3) is 0.562. The predicted octanol–water partition coefficient (Wildman–Crippen LogP) is 3.24. The maximum atomic E-state index is 12.6. The first-order valence-corrected chi connectivity index (χ1v) is 8.80. The van der Waals surface area contributed by atoms with Gasteiger partial charge in [0.2, 0.25) is 0 Å². The summed E-state index contributed by atoms with van der Waals surface area (Å²) in [6.07, 6.45) is 2.27. The van der Waals surface area contributed by atoms with Gasteiger partial charge in [0.15, 0.2) is 9.84 Å². The molecule has 0 bridgehead atoms. The van der Waals surface area contributed by atoms with Crippen molar-refractivity contribution in [3.05, 3.63) is 35.4 Å². The van der Waals surface area contributed by atoms with Gasteiger partial charge in [0.25, 0.3) is 0 Å². The zero-order valence-corrected chi connectivity index (χ0v) is 12.9. The SMILES string of the molecule is Cc1cccc(CS(=O)(=O)C2CC(C)CCC2C#N)c1. The zero-order valence-electron chi connectivity index (χ0n) is 12.0. The minimum absolute atomic E-state index is 0.0459. The van der Waals surface area contributed by atoms with Crippen LogP contribution in [0, 0.1) is 30.1 Å². The molecule has 20 heavy (non-hydrogen) atoms. The van der Waals surface area contributed by atoms with Gasteiger partial charge in [-0.05, 0) is 37.7 Å². The van der Waals surface area contributed by atoms with Crippen molar-refractivity contribution in [3.63, 3.8) is 0 Å². The summed E-state index contributed by atoms with van der Waals surface area (Å²) in [7, 11) is -3.27. The molecule has 0 aliphatic heterocycles. The average Bonchev–Trinajstić information content (AvgIpc) is 2.38. The third kappa shape index (κ3) is 3.40. The normalized spacial score (nSPS) is 26.9. The number of sulfone groups is 1. The van der Waals surface area contributed by atoms with Crippen LogP contribution in [-0.2, 0) is 15.6 Å². The van der Waals surface area contributed by atoms with Gasteiger partial charge in [-0.25, -0.2) is 8.42 Å². The molecule has 0 aromatic heterocycles. The molecule has 1 fully saturated rings. The van der Waals surface area contributed by atoms with Crippen molar-refractivity contribution in [1.82, 2.24) is 0 Å². The molecule has 1 saturated carbocycles. The summed E-state index contributed by atoms with van der Waals surface area (Å²) in [5, 5.41) is 8.70. The Kier molecular flexibility index (Phi) is 4.49. The Morgan fingerprint density at radius 1 is 1.35 bits per heavy atom. The Labute approximate surface area is 121 Å². The number of benzene rings is 1. The molecule has 0 N–H and O–H groups in total. The van der Waals surface area contributed by atoms with E-state index in [9.17, 15) is 13.7 Å². The highest BCUT2D eigenvalue weighted by atomic mass is 32.2. The quantitative estimate of drug-likeness (QED) is 0.859. The monoisotopic (exact) mass is 291 g/mol. The van der Waals surface area contributed by atoms with Crippen molar-refractivity contribution in [3.8, 4) is 6.07 Å². The molecule has 3 unspecified atom stereocenters. The fourth-order valence-electron chi connectivity index (χ4n) is 3.01. The minimum atomic E-state index is -3.27. The molecule has 1 aromatic carbocycles. The van der Waals surface area contributed by atoms with Crippen LogP contribution in [-0.4, -0.2) is 13.7 Å². The first kappa shape index (κ1) is 15.1. The van der Waals surface area contributed by atoms with Crippen LogP contribution < -0.4 is 0 Å². The largest absolute Gasteiger partial charge is 0.228 e. The lowest BCUT2D eigenvalue weighted by molar-refractivity contribution is 0.334. The molecule has 0 saturated heterocycles. The van der Waals surface area contributed by atoms with Crippen molar-refractivity contribution in [2.45, 2.75) is 44.1 Å². The van der Waals surface area contributed by atoms with E-state index in [1.807, 2.05) is 31.2 Å². The summed E-state index contributed by atoms with van der Waals surface area (Å²) < 4.78 is 25.3. The Morgan fingerprint density at radius 3 is 2.75 bits per heavy atom. The molecule has 2 rings (SSSR count). The van der Waals surface area contributed by atoms with Crippen LogP contribution in [0.5, 0.6) is 0 Å². The highest BCUT2D eigenvalue weighted by Crippen LogP contribution is 2.34. The molecule has 4 heteroatoms. The lowest BCUT2D eigenvalue weighted by Crippen LogP contribution is -2.35. The molecular weight excluding hydrogens is 270 g/mol. The zero-order chi connectivity index (χ0) is 14.8. The molecular formula is C16H21NO2S. The first-order valence-electron chi connectivity index (χ1n) is 7.09. The molecule has 108 valence electrons. The van der Waals surface area contributed by atoms with Crippen molar-refractivity contribution in [2.75, 3.05) is 0 Å². The Morgan fingerprint density at radius 2 is 2.10 bits per heavy atom. The molecule has 1 aliphatic carbocycles. The van der Waals surface area contributed by atoms with E-state index in [0.717, 1.165) is 17.5 Å². The maximum Gasteiger partial charge on any atom is 0.158 e. The van der Waals surface area contributed by atoms with Crippen LogP contribution in [0.25, 0.3) is 0 Å². The van der Waals surface area contributed by atoms with Gasteiger partial charge in [-0.1, -0.05) is 36.8 Å². The van der Waals surface area contributed by atoms with Crippen LogP contribution in [0.2, 0.25) is 0 Å². The van der Waals surface area contributed by atoms with E-state index in [-0.39, 0.29) is 11.7 Å². The third-order valence-corrected chi connectivity index (χ3v) is 6.31. The molecule has 3 nitrogen and oxygen atoms in total. The van der Waals surface area contributed by atoms with Crippen LogP contribution in [0.1, 0.15) is 37.3 Å². The second-order valence-electron chi connectivity index (χ2n) is 5.99. The highest BCUT2D eigenvalue weighted by Gasteiger charge is 2.37. The second kappa shape index (κ2) is 5.97. The second-order valence-corrected chi connectivity index (χ2v) is 8.21. The number of nitriles is 1. The van der Waals surface area contributed by atoms with Gasteiger partial charge in [-0.15, -0.1) is 0 Å². The van der Waals surface area contributed by atoms with E-state index >= 15 is 0 Å². The number of nitrogens with zero attached hydrogens (tertiary/aromatic N) is 1. The van der Waals surface area contributed by atoms with Gasteiger partial charge in [0.1, 0.15) is 0 Å². The van der Waals surface area contributed by atoms with E-state index in [1.165, 1.54) is 0 Å². The summed E-state index contributed by atoms with van der Waals surface area (Å²) in [5.74, 6) is 0.0856. The first-order chi connectivity index (χ1) is 9.42. The highest BCUT2D eigenvalue weighted by molar-refractivity contribution is 7.91. The lowest BCUT2D eigenvalue weighted by atomic mass is 9.83. The topological polar surface area (TPSA) is 57.9 Å². The summed E-state index contributed by atoms with van der Waals surface area (Å²) in [6, 6.07) is 9.79. The van der Waals surface area contributed by atoms with Gasteiger partial charge in [-0.3, -0.25) is 0 Å². The molecule has 3 atom stereocenters. The van der Waals surface area contributed by atoms with Gasteiger partial charge < -0.3 is 0 Å². The minimum Gasteiger partial charge on any atom is -0.228 e. The Balaban J connectivity index is 2.22. The Bertz CT molecular complexity index is 616. The van der Waals surface area contributed by atoms with E-state index < -0.39 is 15.1 Å². The smallest absolute Gasteiger partial charge is 0.158 e. The van der Waals surface area contributed by atoms with Crippen molar-refractivity contribution in [2.24, 2.45) is 11.8 Å². The third-order valence-electron chi connectivity index (χ3n) is 4.13. The van der Waals surface area contributed by atoms with E-state index in [0.29, 0.717) is 18.8 Å². The van der Waals surface area contributed by atoms with E-state index in [4.69, 9.17) is 0 Å². The number of hydrogen-bond donors (Lipinski definition) is 0. The number of aryl methyl sites for hydroxylation is 1. The summed E-state index contributed by atoms with van der Waals surface area (Å²) >= 11 is 0. The van der Waals surface area contributed by atoms with E-state index in [2.05, 4.69) is 13.0 Å². The van der Waals surface area contributed by atoms with Crippen LogP contribution in [0.3, 0.4) is 0 Å². The summed E-state index contributed by atoms with van der Waals surface area (Å²) in [6.45, 7) is 4.03. The molecule has 0 radical (unpaired) electrons. The fourth-order valence-corrected chi connectivity index (χ4v) is 5.19. The van der Waals surface area contributed by atoms with Crippen LogP contribution in [0.4, 0.5) is 0 Å². The van der Waals surface area contributed by atoms with Crippen molar-refractivity contribution >= 4 is 9.84 Å². The Hall–Kier alpha value is -1.34. The number of hydrogen-bond acceptors (Lipinski definition) is 3. The molecule has 0 spiro atoms. The predicted molar refractivity (Wildman–Crippen MR) is 79.7 cm³/mol. The average molecular weight is 291 g/mol. The standard InChI is InChI=1S/C16H21NO2S/c1-12-4-3-5-14(8-12)11-20(18,19)16-9-13(2)6-7-15(16)10-17/h3-5,8,13,15-16H,6-7,9,11H2,1-2H3. The number of rotatable bonds is 3. The van der Waals surface area contributed by atoms with E-state index in [1.54, 1.807) is 0 Å². The van der Waals surface area contributed by atoms with Gasteiger partial charge in [-0.2, -0.15) is 5.26 Å². The summed E-state index contributed by atoms with van der Waals surface area (Å²) in [4.78, 5) is 0. The van der Waals surface area contributed by atoms with Crippen molar-refractivity contribution < 1.29 is 8.42 Å². The molecule has 1 aromatic rings. The van der Waals surface area contributed by atoms with Crippen LogP contribution in [0.15, 0.2) is 24.3 Å². The molecule has 0 amide bonds. The molecule has 1 aliphatic rings. The summed E-state index contributed by atoms with van der Waals surface area (Å²) in [5.41, 5.74) is 1.88. The lowest BCUT2D eigenvalue weighted by Gasteiger charge is -2.30. The van der Waals surface area contributed by atoms with Gasteiger partial charge in [0.05, 0.1) is 23.0 Å². The van der Waals surface area contributed by atoms with Crippen molar-refractivity contribution in [1.29, 1.82) is 5.26 Å². The van der Waals surface area contributed by atoms with Gasteiger partial charge >= 0.3 is 0 Å².